The standard InChI is InChI=1S/C23H24ClN7/c1-2-9-30-10-7-17(8-11-30)31-15-16(12-27-31)28-23-26-14-20(24)22(29-23)19-13-25-21-6-4-3-5-18(19)21/h2-6,12-15,17,25H,1,7-11H2,(H,26,28,29). The predicted molar refractivity (Wildman–Crippen MR) is 125 cm³/mol. The molecule has 0 saturated carbocycles. The second-order valence-electron chi connectivity index (χ2n) is 7.79. The number of fused-ring (bicyclic) bond motifs is 1. The molecular formula is C23H24ClN7. The minimum absolute atomic E-state index is 0.407. The maximum absolute atomic E-state index is 6.44. The van der Waals surface area contributed by atoms with Crippen LogP contribution in [0.5, 0.6) is 0 Å². The third-order valence-electron chi connectivity index (χ3n) is 5.76. The maximum atomic E-state index is 6.44. The lowest BCUT2D eigenvalue weighted by Crippen LogP contribution is -2.34. The third-order valence-corrected chi connectivity index (χ3v) is 6.04. The maximum Gasteiger partial charge on any atom is 0.227 e. The van der Waals surface area contributed by atoms with E-state index in [0.29, 0.717) is 22.7 Å². The van der Waals surface area contributed by atoms with E-state index in [1.54, 1.807) is 6.20 Å². The Morgan fingerprint density at radius 1 is 1.23 bits per heavy atom. The third kappa shape index (κ3) is 4.06. The number of aromatic amines is 1. The van der Waals surface area contributed by atoms with Crippen molar-refractivity contribution in [2.75, 3.05) is 25.0 Å². The highest BCUT2D eigenvalue weighted by Crippen LogP contribution is 2.32. The van der Waals surface area contributed by atoms with Gasteiger partial charge in [0.25, 0.3) is 0 Å². The van der Waals surface area contributed by atoms with E-state index in [-0.39, 0.29) is 0 Å². The van der Waals surface area contributed by atoms with E-state index in [2.05, 4.69) is 42.9 Å². The minimum atomic E-state index is 0.407. The summed E-state index contributed by atoms with van der Waals surface area (Å²) in [5.74, 6) is 0.491. The number of rotatable bonds is 6. The molecule has 1 saturated heterocycles. The topological polar surface area (TPSA) is 74.7 Å². The average Bonchev–Trinajstić information content (AvgIpc) is 3.43. The SMILES string of the molecule is C=CCN1CCC(n2cc(Nc3ncc(Cl)c(-c4c[nH]c5ccccc45)n3)cn2)CC1. The van der Waals surface area contributed by atoms with Gasteiger partial charge >= 0.3 is 0 Å². The molecule has 1 aliphatic heterocycles. The summed E-state index contributed by atoms with van der Waals surface area (Å²) in [6.45, 7) is 6.90. The zero-order valence-electron chi connectivity index (χ0n) is 17.1. The highest BCUT2D eigenvalue weighted by molar-refractivity contribution is 6.33. The van der Waals surface area contributed by atoms with Crippen molar-refractivity contribution in [2.24, 2.45) is 0 Å². The van der Waals surface area contributed by atoms with Gasteiger partial charge in [-0.2, -0.15) is 5.10 Å². The molecule has 1 aliphatic rings. The van der Waals surface area contributed by atoms with Crippen molar-refractivity contribution < 1.29 is 0 Å². The highest BCUT2D eigenvalue weighted by Gasteiger charge is 2.20. The summed E-state index contributed by atoms with van der Waals surface area (Å²) in [6.07, 6.45) is 11.5. The normalized spacial score (nSPS) is 15.4. The van der Waals surface area contributed by atoms with Crippen molar-refractivity contribution in [1.29, 1.82) is 0 Å². The molecule has 1 aromatic carbocycles. The first-order valence-electron chi connectivity index (χ1n) is 10.4. The Morgan fingerprint density at radius 2 is 2.06 bits per heavy atom. The van der Waals surface area contributed by atoms with Gasteiger partial charge in [0.1, 0.15) is 0 Å². The molecule has 0 bridgehead atoms. The molecule has 4 heterocycles. The second-order valence-corrected chi connectivity index (χ2v) is 8.20. The van der Waals surface area contributed by atoms with Crippen molar-refractivity contribution >= 4 is 34.1 Å². The first kappa shape index (κ1) is 19.8. The van der Waals surface area contributed by atoms with E-state index in [0.717, 1.165) is 54.6 Å². The average molecular weight is 434 g/mol. The number of H-pyrrole nitrogens is 1. The molecule has 31 heavy (non-hydrogen) atoms. The van der Waals surface area contributed by atoms with Gasteiger partial charge in [0.2, 0.25) is 5.95 Å². The number of aromatic nitrogens is 5. The van der Waals surface area contributed by atoms with E-state index in [1.807, 2.05) is 47.5 Å². The number of nitrogens with zero attached hydrogens (tertiary/aromatic N) is 5. The lowest BCUT2D eigenvalue weighted by atomic mass is 10.1. The van der Waals surface area contributed by atoms with Crippen LogP contribution in [0.1, 0.15) is 18.9 Å². The minimum Gasteiger partial charge on any atom is -0.360 e. The molecule has 0 atom stereocenters. The Kier molecular flexibility index (Phi) is 5.44. The van der Waals surface area contributed by atoms with Gasteiger partial charge in [-0.05, 0) is 18.9 Å². The van der Waals surface area contributed by atoms with Gasteiger partial charge in [-0.1, -0.05) is 35.9 Å². The summed E-state index contributed by atoms with van der Waals surface area (Å²) >= 11 is 6.44. The van der Waals surface area contributed by atoms with E-state index >= 15 is 0 Å². The van der Waals surface area contributed by atoms with E-state index in [4.69, 9.17) is 11.6 Å². The molecule has 0 amide bonds. The van der Waals surface area contributed by atoms with Crippen LogP contribution in [0.4, 0.5) is 11.6 Å². The molecule has 1 fully saturated rings. The van der Waals surface area contributed by atoms with Crippen molar-refractivity contribution in [3.05, 3.63) is 66.7 Å². The van der Waals surface area contributed by atoms with Gasteiger partial charge in [-0.15, -0.1) is 6.58 Å². The predicted octanol–water partition coefficient (Wildman–Crippen LogP) is 5.04. The fourth-order valence-corrected chi connectivity index (χ4v) is 4.36. The van der Waals surface area contributed by atoms with Gasteiger partial charge in [0.05, 0.1) is 34.8 Å². The van der Waals surface area contributed by atoms with Gasteiger partial charge in [-0.25, -0.2) is 9.97 Å². The Labute approximate surface area is 185 Å². The van der Waals surface area contributed by atoms with Gasteiger partial charge in [-0.3, -0.25) is 9.58 Å². The Bertz CT molecular complexity index is 1200. The lowest BCUT2D eigenvalue weighted by Gasteiger charge is -2.31. The highest BCUT2D eigenvalue weighted by atomic mass is 35.5. The van der Waals surface area contributed by atoms with Gasteiger partial charge < -0.3 is 10.3 Å². The molecule has 0 radical (unpaired) electrons. The van der Waals surface area contributed by atoms with Crippen LogP contribution in [0.25, 0.3) is 22.2 Å². The number of nitrogens with one attached hydrogen (secondary N) is 2. The largest absolute Gasteiger partial charge is 0.360 e. The molecular weight excluding hydrogens is 410 g/mol. The summed E-state index contributed by atoms with van der Waals surface area (Å²) in [4.78, 5) is 14.7. The summed E-state index contributed by atoms with van der Waals surface area (Å²) in [5, 5.41) is 9.42. The number of hydrogen-bond acceptors (Lipinski definition) is 5. The van der Waals surface area contributed by atoms with E-state index in [1.165, 1.54) is 0 Å². The van der Waals surface area contributed by atoms with Crippen LogP contribution in [0.3, 0.4) is 0 Å². The molecule has 5 rings (SSSR count). The number of benzene rings is 1. The Morgan fingerprint density at radius 3 is 2.90 bits per heavy atom. The fourth-order valence-electron chi connectivity index (χ4n) is 4.16. The van der Waals surface area contributed by atoms with Crippen LogP contribution in [-0.4, -0.2) is 49.3 Å². The Balaban J connectivity index is 1.34. The first-order valence-corrected chi connectivity index (χ1v) is 10.8. The number of likely N-dealkylation sites (tertiary alicyclic amines) is 1. The number of para-hydroxylation sites is 1. The second kappa shape index (κ2) is 8.53. The molecule has 4 aromatic rings. The van der Waals surface area contributed by atoms with E-state index < -0.39 is 0 Å². The Hall–Kier alpha value is -3.16. The monoisotopic (exact) mass is 433 g/mol. The smallest absolute Gasteiger partial charge is 0.227 e. The number of hydrogen-bond donors (Lipinski definition) is 2. The lowest BCUT2D eigenvalue weighted by molar-refractivity contribution is 0.195. The van der Waals surface area contributed by atoms with Crippen LogP contribution in [0.2, 0.25) is 5.02 Å². The van der Waals surface area contributed by atoms with Crippen LogP contribution in [0, 0.1) is 0 Å². The molecule has 0 aliphatic carbocycles. The van der Waals surface area contributed by atoms with Gasteiger partial charge in [0, 0.05) is 48.5 Å². The molecule has 7 nitrogen and oxygen atoms in total. The number of halogens is 1. The molecule has 0 unspecified atom stereocenters. The summed E-state index contributed by atoms with van der Waals surface area (Å²) in [7, 11) is 0. The first-order chi connectivity index (χ1) is 15.2. The number of piperidine rings is 1. The summed E-state index contributed by atoms with van der Waals surface area (Å²) in [5.41, 5.74) is 3.55. The van der Waals surface area contributed by atoms with Crippen LogP contribution >= 0.6 is 11.6 Å². The summed E-state index contributed by atoms with van der Waals surface area (Å²) < 4.78 is 2.05. The molecule has 158 valence electrons. The molecule has 0 spiro atoms. The zero-order valence-corrected chi connectivity index (χ0v) is 17.9. The molecule has 2 N–H and O–H groups in total. The van der Waals surface area contributed by atoms with Crippen LogP contribution in [0.15, 0.2) is 61.7 Å². The number of anilines is 2. The summed E-state index contributed by atoms with van der Waals surface area (Å²) in [6, 6.07) is 8.49. The van der Waals surface area contributed by atoms with Gasteiger partial charge in [0.15, 0.2) is 0 Å². The fraction of sp³-hybridized carbons (Fsp3) is 0.261. The molecule has 8 heteroatoms. The van der Waals surface area contributed by atoms with Crippen LogP contribution < -0.4 is 5.32 Å². The van der Waals surface area contributed by atoms with Crippen molar-refractivity contribution in [3.63, 3.8) is 0 Å². The van der Waals surface area contributed by atoms with E-state index in [9.17, 15) is 0 Å². The quantitative estimate of drug-likeness (QED) is 0.416. The zero-order chi connectivity index (χ0) is 21.2. The van der Waals surface area contributed by atoms with Crippen molar-refractivity contribution in [2.45, 2.75) is 18.9 Å². The van der Waals surface area contributed by atoms with Crippen molar-refractivity contribution in [3.8, 4) is 11.3 Å². The van der Waals surface area contributed by atoms with Crippen LogP contribution in [-0.2, 0) is 0 Å². The molecule has 3 aromatic heterocycles. The van der Waals surface area contributed by atoms with Crippen molar-refractivity contribution in [1.82, 2.24) is 29.6 Å².